The van der Waals surface area contributed by atoms with Gasteiger partial charge in [-0.15, -0.1) is 11.3 Å². The number of likely N-dealkylation sites (tertiary alicyclic amines) is 1. The first-order chi connectivity index (χ1) is 9.02. The van der Waals surface area contributed by atoms with Gasteiger partial charge in [-0.1, -0.05) is 6.92 Å². The van der Waals surface area contributed by atoms with E-state index in [0.717, 1.165) is 30.1 Å². The van der Waals surface area contributed by atoms with Gasteiger partial charge in [0.25, 0.3) is 5.91 Å². The minimum absolute atomic E-state index is 0.193. The van der Waals surface area contributed by atoms with Gasteiger partial charge in [0.1, 0.15) is 0 Å². The van der Waals surface area contributed by atoms with Crippen LogP contribution in [0.5, 0.6) is 0 Å². The summed E-state index contributed by atoms with van der Waals surface area (Å²) in [7, 11) is 4.26. The van der Waals surface area contributed by atoms with Gasteiger partial charge in [0.15, 0.2) is 0 Å². The van der Waals surface area contributed by atoms with Crippen LogP contribution in [-0.4, -0.2) is 48.9 Å². The molecule has 2 heterocycles. The second kappa shape index (κ2) is 6.00. The minimum atomic E-state index is -0.193. The van der Waals surface area contributed by atoms with Crippen LogP contribution in [-0.2, 0) is 6.54 Å². The fraction of sp³-hybridized carbons (Fsp3) is 0.615. The molecule has 0 aliphatic carbocycles. The van der Waals surface area contributed by atoms with Crippen LogP contribution in [0.25, 0.3) is 0 Å². The number of rotatable bonds is 4. The Balaban J connectivity index is 2.03. The van der Waals surface area contributed by atoms with Crippen LogP contribution >= 0.6 is 11.3 Å². The Kier molecular flexibility index (Phi) is 4.57. The Hall–Kier alpha value is -0.950. The average molecular weight is 282 g/mol. The topological polar surface area (TPSA) is 61.6 Å². The third-order valence-corrected chi connectivity index (χ3v) is 4.75. The third kappa shape index (κ3) is 3.14. The first-order valence-electron chi connectivity index (χ1n) is 6.49. The molecule has 2 rings (SSSR count). The van der Waals surface area contributed by atoms with E-state index >= 15 is 0 Å². The second-order valence-corrected chi connectivity index (χ2v) is 6.37. The number of nitrogens with zero attached hydrogens (tertiary/aromatic N) is 2. The fourth-order valence-electron chi connectivity index (χ4n) is 2.82. The van der Waals surface area contributed by atoms with Crippen LogP contribution in [0.1, 0.15) is 22.2 Å². The van der Waals surface area contributed by atoms with Gasteiger partial charge in [-0.05, 0) is 37.0 Å². The van der Waals surface area contributed by atoms with Crippen molar-refractivity contribution < 1.29 is 4.79 Å². The zero-order valence-electron chi connectivity index (χ0n) is 11.7. The molecular weight excluding hydrogens is 260 g/mol. The van der Waals surface area contributed by atoms with Crippen LogP contribution in [0.3, 0.4) is 0 Å². The summed E-state index contributed by atoms with van der Waals surface area (Å²) in [5, 5.41) is 1.95. The van der Waals surface area contributed by atoms with Gasteiger partial charge in [-0.3, -0.25) is 15.1 Å². The molecule has 1 aliphatic rings. The van der Waals surface area contributed by atoms with Crippen molar-refractivity contribution in [3.8, 4) is 0 Å². The number of thiophene rings is 1. The van der Waals surface area contributed by atoms with E-state index in [0.29, 0.717) is 12.0 Å². The number of carbonyl (C=O) groups is 1. The molecule has 2 atom stereocenters. The lowest BCUT2D eigenvalue weighted by molar-refractivity contribution is 0.0956. The maximum atomic E-state index is 11.7. The van der Waals surface area contributed by atoms with Gasteiger partial charge in [-0.2, -0.15) is 0 Å². The molecule has 3 N–H and O–H groups in total. The highest BCUT2D eigenvalue weighted by Gasteiger charge is 2.31. The molecule has 6 heteroatoms. The molecule has 0 spiro atoms. The number of amides is 1. The standard InChI is InChI=1S/C13H22N4OS/c1-9-6-17(8-11(9)16(2)3)7-10-4-5-19-12(10)13(18)15-14/h4-5,9,11H,6-8,14H2,1-3H3,(H,15,18). The minimum Gasteiger partial charge on any atom is -0.305 e. The van der Waals surface area contributed by atoms with Gasteiger partial charge >= 0.3 is 0 Å². The van der Waals surface area contributed by atoms with Gasteiger partial charge in [-0.25, -0.2) is 5.84 Å². The van der Waals surface area contributed by atoms with Crippen molar-refractivity contribution in [3.05, 3.63) is 21.9 Å². The van der Waals surface area contributed by atoms with Crippen molar-refractivity contribution in [2.24, 2.45) is 11.8 Å². The summed E-state index contributed by atoms with van der Waals surface area (Å²) in [5.74, 6) is 5.67. The van der Waals surface area contributed by atoms with Crippen LogP contribution in [0, 0.1) is 5.92 Å². The Morgan fingerprint density at radius 3 is 2.89 bits per heavy atom. The predicted octanol–water partition coefficient (Wildman–Crippen LogP) is 0.734. The highest BCUT2D eigenvalue weighted by molar-refractivity contribution is 7.12. The highest BCUT2D eigenvalue weighted by atomic mass is 32.1. The van der Waals surface area contributed by atoms with Crippen molar-refractivity contribution in [2.75, 3.05) is 27.2 Å². The van der Waals surface area contributed by atoms with Crippen molar-refractivity contribution >= 4 is 17.2 Å². The number of likely N-dealkylation sites (N-methyl/N-ethyl adjacent to an activating group) is 1. The smallest absolute Gasteiger partial charge is 0.275 e. The SMILES string of the molecule is CC1CN(Cc2ccsc2C(=O)NN)CC1N(C)C. The molecule has 0 saturated carbocycles. The summed E-state index contributed by atoms with van der Waals surface area (Å²) in [6.07, 6.45) is 0. The zero-order valence-corrected chi connectivity index (χ0v) is 12.5. The van der Waals surface area contributed by atoms with E-state index in [1.54, 1.807) is 0 Å². The molecule has 1 fully saturated rings. The fourth-order valence-corrected chi connectivity index (χ4v) is 3.63. The number of nitrogens with two attached hydrogens (primary N) is 1. The Labute approximate surface area is 118 Å². The quantitative estimate of drug-likeness (QED) is 0.486. The van der Waals surface area contributed by atoms with Crippen molar-refractivity contribution in [3.63, 3.8) is 0 Å². The van der Waals surface area contributed by atoms with Gasteiger partial charge < -0.3 is 4.90 Å². The van der Waals surface area contributed by atoms with Crippen molar-refractivity contribution in [2.45, 2.75) is 19.5 Å². The van der Waals surface area contributed by atoms with Gasteiger partial charge in [0.05, 0.1) is 4.88 Å². The molecule has 19 heavy (non-hydrogen) atoms. The molecule has 0 aromatic carbocycles. The maximum absolute atomic E-state index is 11.7. The summed E-state index contributed by atoms with van der Waals surface area (Å²) >= 11 is 1.44. The first-order valence-corrected chi connectivity index (χ1v) is 7.37. The normalized spacial score (nSPS) is 24.1. The molecule has 0 bridgehead atoms. The lowest BCUT2D eigenvalue weighted by Gasteiger charge is -2.22. The van der Waals surface area contributed by atoms with Gasteiger partial charge in [0, 0.05) is 25.7 Å². The highest BCUT2D eigenvalue weighted by Crippen LogP contribution is 2.24. The molecule has 106 valence electrons. The first kappa shape index (κ1) is 14.5. The maximum Gasteiger partial charge on any atom is 0.275 e. The van der Waals surface area contributed by atoms with Crippen LogP contribution in [0.4, 0.5) is 0 Å². The van der Waals surface area contributed by atoms with Gasteiger partial charge in [0.2, 0.25) is 0 Å². The molecule has 2 unspecified atom stereocenters. The molecule has 1 aromatic rings. The molecule has 1 aliphatic heterocycles. The largest absolute Gasteiger partial charge is 0.305 e. The molecule has 1 aromatic heterocycles. The molecule has 1 amide bonds. The van der Waals surface area contributed by atoms with E-state index in [9.17, 15) is 4.79 Å². The van der Waals surface area contributed by atoms with E-state index in [2.05, 4.69) is 36.2 Å². The number of nitrogens with one attached hydrogen (secondary N) is 1. The summed E-state index contributed by atoms with van der Waals surface area (Å²) in [5.41, 5.74) is 3.28. The van der Waals surface area contributed by atoms with E-state index in [4.69, 9.17) is 5.84 Å². The number of hydrazine groups is 1. The number of hydrogen-bond donors (Lipinski definition) is 2. The second-order valence-electron chi connectivity index (χ2n) is 5.45. The summed E-state index contributed by atoms with van der Waals surface area (Å²) < 4.78 is 0. The van der Waals surface area contributed by atoms with Crippen molar-refractivity contribution in [1.82, 2.24) is 15.2 Å². The third-order valence-electron chi connectivity index (χ3n) is 3.79. The summed E-state index contributed by atoms with van der Waals surface area (Å²) in [6, 6.07) is 2.61. The summed E-state index contributed by atoms with van der Waals surface area (Å²) in [4.78, 5) is 17.1. The summed E-state index contributed by atoms with van der Waals surface area (Å²) in [6.45, 7) is 5.22. The number of carbonyl (C=O) groups excluding carboxylic acids is 1. The molecular formula is C13H22N4OS. The van der Waals surface area contributed by atoms with E-state index in [1.807, 2.05) is 11.4 Å². The monoisotopic (exact) mass is 282 g/mol. The average Bonchev–Trinajstić information content (AvgIpc) is 2.95. The molecule has 1 saturated heterocycles. The molecule has 0 radical (unpaired) electrons. The number of hydrogen-bond acceptors (Lipinski definition) is 5. The van der Waals surface area contributed by atoms with E-state index in [1.165, 1.54) is 11.3 Å². The van der Waals surface area contributed by atoms with Crippen LogP contribution in [0.15, 0.2) is 11.4 Å². The zero-order chi connectivity index (χ0) is 14.0. The number of nitrogen functional groups attached to an aromatic ring is 1. The van der Waals surface area contributed by atoms with Crippen molar-refractivity contribution in [1.29, 1.82) is 0 Å². The van der Waals surface area contributed by atoms with Crippen LogP contribution in [0.2, 0.25) is 0 Å². The Morgan fingerprint density at radius 1 is 1.58 bits per heavy atom. The lowest BCUT2D eigenvalue weighted by Crippen LogP contribution is -2.34. The predicted molar refractivity (Wildman–Crippen MR) is 77.9 cm³/mol. The Morgan fingerprint density at radius 2 is 2.32 bits per heavy atom. The van der Waals surface area contributed by atoms with E-state index < -0.39 is 0 Å². The Bertz CT molecular complexity index is 446. The van der Waals surface area contributed by atoms with Crippen LogP contribution < -0.4 is 11.3 Å². The lowest BCUT2D eigenvalue weighted by atomic mass is 10.1. The molecule has 5 nitrogen and oxygen atoms in total. The van der Waals surface area contributed by atoms with E-state index in [-0.39, 0.29) is 5.91 Å².